The fraction of sp³-hybridized carbons (Fsp3) is 0.100. The summed E-state index contributed by atoms with van der Waals surface area (Å²) in [6, 6.07) is 8.53. The SMILES string of the molecule is COc1ccc(OC)c(/C=C2/SC(=S)N(c3cc(C(=O)O)cc(C(=O)O)c3)C2=O)c1. The van der Waals surface area contributed by atoms with Crippen LogP contribution in [0.4, 0.5) is 5.69 Å². The standard InChI is InChI=1S/C20H15NO7S2/c1-27-14-3-4-15(28-2)10(8-14)9-16-17(22)21(20(29)30-16)13-6-11(18(23)24)5-12(7-13)19(25)26/h3-9H,1-2H3,(H,23,24)(H,25,26)/b16-9+. The minimum absolute atomic E-state index is 0.0656. The van der Waals surface area contributed by atoms with Crippen LogP contribution in [0.3, 0.4) is 0 Å². The average molecular weight is 445 g/mol. The first-order valence-corrected chi connectivity index (χ1v) is 9.59. The van der Waals surface area contributed by atoms with E-state index < -0.39 is 17.8 Å². The smallest absolute Gasteiger partial charge is 0.335 e. The van der Waals surface area contributed by atoms with Gasteiger partial charge in [-0.25, -0.2) is 9.59 Å². The predicted octanol–water partition coefficient (Wildman–Crippen LogP) is 3.51. The highest BCUT2D eigenvalue weighted by molar-refractivity contribution is 8.27. The van der Waals surface area contributed by atoms with E-state index in [4.69, 9.17) is 21.7 Å². The van der Waals surface area contributed by atoms with Gasteiger partial charge in [-0.1, -0.05) is 24.0 Å². The summed E-state index contributed by atoms with van der Waals surface area (Å²) in [5, 5.41) is 18.5. The number of benzene rings is 2. The van der Waals surface area contributed by atoms with Crippen molar-refractivity contribution in [3.63, 3.8) is 0 Å². The van der Waals surface area contributed by atoms with Gasteiger partial charge < -0.3 is 19.7 Å². The van der Waals surface area contributed by atoms with Crippen LogP contribution in [0.25, 0.3) is 6.08 Å². The van der Waals surface area contributed by atoms with Crippen molar-refractivity contribution in [2.45, 2.75) is 0 Å². The van der Waals surface area contributed by atoms with Gasteiger partial charge in [0.25, 0.3) is 5.91 Å². The maximum absolute atomic E-state index is 13.0. The highest BCUT2D eigenvalue weighted by Gasteiger charge is 2.34. The number of carboxylic acids is 2. The van der Waals surface area contributed by atoms with Crippen molar-refractivity contribution in [1.29, 1.82) is 0 Å². The van der Waals surface area contributed by atoms with Gasteiger partial charge in [-0.15, -0.1) is 0 Å². The zero-order chi connectivity index (χ0) is 22.0. The Morgan fingerprint density at radius 3 is 2.20 bits per heavy atom. The van der Waals surface area contributed by atoms with E-state index in [9.17, 15) is 24.6 Å². The second kappa shape index (κ2) is 8.56. The van der Waals surface area contributed by atoms with Gasteiger partial charge in [0.2, 0.25) is 0 Å². The number of thioether (sulfide) groups is 1. The number of aromatic carboxylic acids is 2. The number of rotatable bonds is 6. The Hall–Kier alpha value is -3.37. The second-order valence-corrected chi connectivity index (χ2v) is 7.68. The van der Waals surface area contributed by atoms with Crippen molar-refractivity contribution in [1.82, 2.24) is 0 Å². The van der Waals surface area contributed by atoms with Gasteiger partial charge in [0.1, 0.15) is 11.5 Å². The van der Waals surface area contributed by atoms with Crippen LogP contribution in [0.2, 0.25) is 0 Å². The van der Waals surface area contributed by atoms with Crippen LogP contribution in [-0.4, -0.2) is 46.6 Å². The van der Waals surface area contributed by atoms with Crippen LogP contribution in [-0.2, 0) is 4.79 Å². The van der Waals surface area contributed by atoms with Gasteiger partial charge in [0.05, 0.1) is 35.9 Å². The molecular weight excluding hydrogens is 430 g/mol. The summed E-state index contributed by atoms with van der Waals surface area (Å²) in [6.45, 7) is 0. The summed E-state index contributed by atoms with van der Waals surface area (Å²) in [5.41, 5.74) is 0.119. The Balaban J connectivity index is 2.05. The van der Waals surface area contributed by atoms with Gasteiger partial charge in [0, 0.05) is 5.56 Å². The quantitative estimate of drug-likeness (QED) is 0.509. The minimum atomic E-state index is -1.32. The van der Waals surface area contributed by atoms with Crippen LogP contribution >= 0.6 is 24.0 Å². The van der Waals surface area contributed by atoms with Gasteiger partial charge in [-0.3, -0.25) is 9.69 Å². The van der Waals surface area contributed by atoms with Crippen molar-refractivity contribution in [2.24, 2.45) is 0 Å². The lowest BCUT2D eigenvalue weighted by atomic mass is 10.1. The molecule has 1 aliphatic heterocycles. The monoisotopic (exact) mass is 445 g/mol. The fourth-order valence-corrected chi connectivity index (χ4v) is 4.06. The third kappa shape index (κ3) is 4.14. The largest absolute Gasteiger partial charge is 0.497 e. The van der Waals surface area contributed by atoms with Crippen LogP contribution < -0.4 is 14.4 Å². The van der Waals surface area contributed by atoms with E-state index in [1.165, 1.54) is 26.4 Å². The molecule has 0 saturated carbocycles. The molecule has 1 amide bonds. The Bertz CT molecular complexity index is 1080. The number of carbonyl (C=O) groups excluding carboxylic acids is 1. The maximum Gasteiger partial charge on any atom is 0.335 e. The van der Waals surface area contributed by atoms with Crippen LogP contribution in [0.15, 0.2) is 41.3 Å². The minimum Gasteiger partial charge on any atom is -0.497 e. The number of methoxy groups -OCH3 is 2. The zero-order valence-electron chi connectivity index (χ0n) is 15.7. The first-order valence-electron chi connectivity index (χ1n) is 8.36. The lowest BCUT2D eigenvalue weighted by molar-refractivity contribution is -0.113. The van der Waals surface area contributed by atoms with Gasteiger partial charge in [-0.05, 0) is 42.5 Å². The van der Waals surface area contributed by atoms with Crippen molar-refractivity contribution >= 4 is 57.9 Å². The normalized spacial score (nSPS) is 14.9. The number of anilines is 1. The summed E-state index contributed by atoms with van der Waals surface area (Å²) in [6.07, 6.45) is 1.58. The molecule has 1 fully saturated rings. The lowest BCUT2D eigenvalue weighted by Crippen LogP contribution is -2.28. The molecule has 3 rings (SSSR count). The zero-order valence-corrected chi connectivity index (χ0v) is 17.4. The van der Waals surface area contributed by atoms with E-state index in [-0.39, 0.29) is 26.0 Å². The summed E-state index contributed by atoms with van der Waals surface area (Å²) < 4.78 is 10.7. The van der Waals surface area contributed by atoms with Crippen molar-refractivity contribution in [3.8, 4) is 11.5 Å². The van der Waals surface area contributed by atoms with E-state index in [0.29, 0.717) is 17.1 Å². The maximum atomic E-state index is 13.0. The molecule has 0 spiro atoms. The molecule has 2 aromatic carbocycles. The Morgan fingerprint density at radius 1 is 1.03 bits per heavy atom. The molecule has 1 saturated heterocycles. The summed E-state index contributed by atoms with van der Waals surface area (Å²) in [5.74, 6) is -2.06. The van der Waals surface area contributed by atoms with E-state index in [1.807, 2.05) is 0 Å². The van der Waals surface area contributed by atoms with Gasteiger partial charge >= 0.3 is 11.9 Å². The molecule has 0 aliphatic carbocycles. The third-order valence-electron chi connectivity index (χ3n) is 4.19. The molecule has 0 unspecified atom stereocenters. The van der Waals surface area contributed by atoms with E-state index >= 15 is 0 Å². The molecule has 30 heavy (non-hydrogen) atoms. The van der Waals surface area contributed by atoms with Crippen LogP contribution in [0.5, 0.6) is 11.5 Å². The Kier molecular flexibility index (Phi) is 6.09. The number of carboxylic acid groups (broad SMARTS) is 2. The molecule has 0 radical (unpaired) electrons. The second-order valence-electron chi connectivity index (χ2n) is 6.00. The summed E-state index contributed by atoms with van der Waals surface area (Å²) >= 11 is 6.31. The lowest BCUT2D eigenvalue weighted by Gasteiger charge is -2.16. The molecular formula is C20H15NO7S2. The van der Waals surface area contributed by atoms with Gasteiger partial charge in [0.15, 0.2) is 4.32 Å². The van der Waals surface area contributed by atoms with E-state index in [0.717, 1.165) is 22.7 Å². The van der Waals surface area contributed by atoms with Crippen molar-refractivity contribution < 1.29 is 34.1 Å². The molecule has 2 N–H and O–H groups in total. The van der Waals surface area contributed by atoms with E-state index in [2.05, 4.69) is 0 Å². The molecule has 8 nitrogen and oxygen atoms in total. The molecule has 2 aromatic rings. The number of hydrogen-bond donors (Lipinski definition) is 2. The van der Waals surface area contributed by atoms with Crippen molar-refractivity contribution in [2.75, 3.05) is 19.1 Å². The number of ether oxygens (including phenoxy) is 2. The summed E-state index contributed by atoms with van der Waals surface area (Å²) in [7, 11) is 3.01. The van der Waals surface area contributed by atoms with E-state index in [1.54, 1.807) is 24.3 Å². The number of carbonyl (C=O) groups is 3. The first-order chi connectivity index (χ1) is 14.2. The molecule has 0 bridgehead atoms. The Morgan fingerprint density at radius 2 is 1.67 bits per heavy atom. The van der Waals surface area contributed by atoms with Crippen molar-refractivity contribution in [3.05, 3.63) is 58.0 Å². The summed E-state index contributed by atoms with van der Waals surface area (Å²) in [4.78, 5) is 37.1. The van der Waals surface area contributed by atoms with Crippen LogP contribution in [0.1, 0.15) is 26.3 Å². The molecule has 1 aliphatic rings. The Labute approximate surface area is 180 Å². The fourth-order valence-electron chi connectivity index (χ4n) is 2.77. The topological polar surface area (TPSA) is 113 Å². The predicted molar refractivity (Wildman–Crippen MR) is 116 cm³/mol. The van der Waals surface area contributed by atoms with Gasteiger partial charge in [-0.2, -0.15) is 0 Å². The number of amides is 1. The highest BCUT2D eigenvalue weighted by atomic mass is 32.2. The molecule has 10 heteroatoms. The molecule has 1 heterocycles. The first kappa shape index (κ1) is 21.3. The molecule has 154 valence electrons. The number of hydrogen-bond acceptors (Lipinski definition) is 7. The molecule has 0 atom stereocenters. The number of thiocarbonyl (C=S) groups is 1. The highest BCUT2D eigenvalue weighted by Crippen LogP contribution is 2.38. The number of nitrogens with zero attached hydrogens (tertiary/aromatic N) is 1. The average Bonchev–Trinajstić information content (AvgIpc) is 3.00. The van der Waals surface area contributed by atoms with Crippen LogP contribution in [0, 0.1) is 0 Å². The molecule has 0 aromatic heterocycles. The third-order valence-corrected chi connectivity index (χ3v) is 5.49.